The Balaban J connectivity index is 1.77. The molecule has 0 radical (unpaired) electrons. The predicted octanol–water partition coefficient (Wildman–Crippen LogP) is 4.09. The van der Waals surface area contributed by atoms with Crippen LogP contribution in [0.4, 0.5) is 0 Å². The fraction of sp³-hybridized carbons (Fsp3) is 0.158. The highest BCUT2D eigenvalue weighted by Crippen LogP contribution is 2.41. The summed E-state index contributed by atoms with van der Waals surface area (Å²) in [5, 5.41) is 1.13. The van der Waals surface area contributed by atoms with Gasteiger partial charge in [0.2, 0.25) is 5.75 Å². The first-order chi connectivity index (χ1) is 13.0. The standard InChI is InChI=1S/C19H14Cl2N2O4/c1-25-15-7-10(8-16-17(15)27-5-4-26-16)6-13(21)18-22-14-3-2-11(20)9-12(14)19(24)23-18/h2-3,6-9H,4-5H2,1H3,(H,22,23,24)/b13-6-. The first-order valence-corrected chi connectivity index (χ1v) is 8.85. The summed E-state index contributed by atoms with van der Waals surface area (Å²) in [6.45, 7) is 0.921. The minimum atomic E-state index is -0.316. The quantitative estimate of drug-likeness (QED) is 0.711. The van der Waals surface area contributed by atoms with Crippen molar-refractivity contribution in [3.8, 4) is 17.2 Å². The van der Waals surface area contributed by atoms with E-state index in [1.807, 2.05) is 0 Å². The number of fused-ring (bicyclic) bond motifs is 2. The molecule has 1 aliphatic rings. The first kappa shape index (κ1) is 17.7. The zero-order valence-corrected chi connectivity index (χ0v) is 15.7. The van der Waals surface area contributed by atoms with Crippen molar-refractivity contribution in [2.45, 2.75) is 0 Å². The van der Waals surface area contributed by atoms with E-state index in [0.29, 0.717) is 46.4 Å². The lowest BCUT2D eigenvalue weighted by Gasteiger charge is -2.21. The van der Waals surface area contributed by atoms with Gasteiger partial charge in [-0.1, -0.05) is 23.2 Å². The second-order valence-electron chi connectivity index (χ2n) is 5.82. The number of rotatable bonds is 3. The molecule has 0 unspecified atom stereocenters. The molecule has 0 spiro atoms. The van der Waals surface area contributed by atoms with Gasteiger partial charge in [0.15, 0.2) is 17.3 Å². The van der Waals surface area contributed by atoms with E-state index < -0.39 is 0 Å². The molecule has 4 rings (SSSR count). The maximum absolute atomic E-state index is 12.3. The summed E-state index contributed by atoms with van der Waals surface area (Å²) < 4.78 is 16.6. The Hall–Kier alpha value is -2.70. The number of H-pyrrole nitrogens is 1. The van der Waals surface area contributed by atoms with Gasteiger partial charge >= 0.3 is 0 Å². The normalized spacial score (nSPS) is 13.7. The van der Waals surface area contributed by atoms with Gasteiger partial charge < -0.3 is 19.2 Å². The van der Waals surface area contributed by atoms with Crippen LogP contribution >= 0.6 is 23.2 Å². The zero-order chi connectivity index (χ0) is 19.0. The number of aromatic amines is 1. The molecule has 6 nitrogen and oxygen atoms in total. The van der Waals surface area contributed by atoms with E-state index in [-0.39, 0.29) is 16.4 Å². The topological polar surface area (TPSA) is 73.4 Å². The van der Waals surface area contributed by atoms with Gasteiger partial charge in [-0.15, -0.1) is 0 Å². The van der Waals surface area contributed by atoms with Crippen molar-refractivity contribution in [2.24, 2.45) is 0 Å². The Morgan fingerprint density at radius 2 is 2.07 bits per heavy atom. The molecule has 1 aliphatic heterocycles. The Morgan fingerprint density at radius 1 is 1.26 bits per heavy atom. The van der Waals surface area contributed by atoms with E-state index in [1.165, 1.54) is 0 Å². The largest absolute Gasteiger partial charge is 0.493 e. The van der Waals surface area contributed by atoms with E-state index in [2.05, 4.69) is 9.97 Å². The number of ether oxygens (including phenoxy) is 3. The van der Waals surface area contributed by atoms with Crippen LogP contribution in [0, 0.1) is 0 Å². The minimum Gasteiger partial charge on any atom is -0.493 e. The summed E-state index contributed by atoms with van der Waals surface area (Å²) in [6.07, 6.45) is 1.67. The van der Waals surface area contributed by atoms with Crippen LogP contribution in [0.2, 0.25) is 5.02 Å². The van der Waals surface area contributed by atoms with E-state index >= 15 is 0 Å². The molecule has 0 fully saturated rings. The van der Waals surface area contributed by atoms with Crippen LogP contribution < -0.4 is 19.8 Å². The highest BCUT2D eigenvalue weighted by Gasteiger charge is 2.18. The lowest BCUT2D eigenvalue weighted by Crippen LogP contribution is -2.16. The van der Waals surface area contributed by atoms with Crippen molar-refractivity contribution < 1.29 is 14.2 Å². The fourth-order valence-corrected chi connectivity index (χ4v) is 3.20. The molecule has 1 aromatic heterocycles. The Kier molecular flexibility index (Phi) is 4.68. The summed E-state index contributed by atoms with van der Waals surface area (Å²) in [4.78, 5) is 19.4. The maximum Gasteiger partial charge on any atom is 0.259 e. The van der Waals surface area contributed by atoms with Crippen LogP contribution in [0.1, 0.15) is 11.4 Å². The fourth-order valence-electron chi connectivity index (χ4n) is 2.82. The second-order valence-corrected chi connectivity index (χ2v) is 6.66. The molecule has 8 heteroatoms. The van der Waals surface area contributed by atoms with Gasteiger partial charge in [0.05, 0.1) is 23.0 Å². The lowest BCUT2D eigenvalue weighted by molar-refractivity contribution is 0.165. The molecule has 0 aliphatic carbocycles. The Morgan fingerprint density at radius 3 is 2.89 bits per heavy atom. The van der Waals surface area contributed by atoms with E-state index in [0.717, 1.165) is 5.56 Å². The minimum absolute atomic E-state index is 0.255. The van der Waals surface area contributed by atoms with Gasteiger partial charge in [0, 0.05) is 5.02 Å². The average Bonchev–Trinajstić information content (AvgIpc) is 2.67. The van der Waals surface area contributed by atoms with Crippen LogP contribution in [0.15, 0.2) is 35.1 Å². The number of benzene rings is 2. The number of nitrogens with zero attached hydrogens (tertiary/aromatic N) is 1. The molecule has 0 saturated heterocycles. The van der Waals surface area contributed by atoms with E-state index in [9.17, 15) is 4.79 Å². The zero-order valence-electron chi connectivity index (χ0n) is 14.2. The predicted molar refractivity (Wildman–Crippen MR) is 105 cm³/mol. The summed E-state index contributed by atoms with van der Waals surface area (Å²) in [7, 11) is 1.55. The number of methoxy groups -OCH3 is 1. The number of nitrogens with one attached hydrogen (secondary N) is 1. The molecular weight excluding hydrogens is 391 g/mol. The molecule has 27 heavy (non-hydrogen) atoms. The van der Waals surface area contributed by atoms with Crippen molar-refractivity contribution in [2.75, 3.05) is 20.3 Å². The van der Waals surface area contributed by atoms with Gasteiger partial charge in [0.25, 0.3) is 5.56 Å². The van der Waals surface area contributed by atoms with Crippen molar-refractivity contribution >= 4 is 45.2 Å². The van der Waals surface area contributed by atoms with Crippen LogP contribution in [0.5, 0.6) is 17.2 Å². The SMILES string of the molecule is COc1cc(/C=C(\Cl)c2nc3ccc(Cl)cc3c(=O)[nH]2)cc2c1OCCO2. The van der Waals surface area contributed by atoms with Crippen molar-refractivity contribution in [3.05, 3.63) is 57.1 Å². The van der Waals surface area contributed by atoms with E-state index in [4.69, 9.17) is 37.4 Å². The van der Waals surface area contributed by atoms with Gasteiger partial charge in [-0.3, -0.25) is 4.79 Å². The average molecular weight is 405 g/mol. The highest BCUT2D eigenvalue weighted by atomic mass is 35.5. The van der Waals surface area contributed by atoms with Gasteiger partial charge in [0.1, 0.15) is 13.2 Å². The third-order valence-electron chi connectivity index (χ3n) is 4.04. The summed E-state index contributed by atoms with van der Waals surface area (Å²) in [6, 6.07) is 8.47. The van der Waals surface area contributed by atoms with Crippen molar-refractivity contribution in [1.82, 2.24) is 9.97 Å². The number of hydrogen-bond acceptors (Lipinski definition) is 5. The molecule has 1 N–H and O–H groups in total. The number of hydrogen-bond donors (Lipinski definition) is 1. The summed E-state index contributed by atoms with van der Waals surface area (Å²) >= 11 is 12.3. The molecule has 3 aromatic rings. The monoisotopic (exact) mass is 404 g/mol. The first-order valence-electron chi connectivity index (χ1n) is 8.10. The smallest absolute Gasteiger partial charge is 0.259 e. The second kappa shape index (κ2) is 7.13. The molecule has 0 bridgehead atoms. The Labute approximate surface area is 164 Å². The van der Waals surface area contributed by atoms with Gasteiger partial charge in [-0.05, 0) is 42.0 Å². The van der Waals surface area contributed by atoms with E-state index in [1.54, 1.807) is 43.5 Å². The van der Waals surface area contributed by atoms with Crippen LogP contribution in [0.3, 0.4) is 0 Å². The van der Waals surface area contributed by atoms with Crippen LogP contribution in [-0.2, 0) is 0 Å². The van der Waals surface area contributed by atoms with Gasteiger partial charge in [-0.2, -0.15) is 0 Å². The van der Waals surface area contributed by atoms with Crippen LogP contribution in [0.25, 0.3) is 22.0 Å². The molecule has 2 heterocycles. The lowest BCUT2D eigenvalue weighted by atomic mass is 10.1. The number of aromatic nitrogens is 2. The third kappa shape index (κ3) is 3.46. The molecule has 2 aromatic carbocycles. The number of halogens is 2. The molecule has 0 saturated carbocycles. The van der Waals surface area contributed by atoms with Gasteiger partial charge in [-0.25, -0.2) is 4.98 Å². The van der Waals surface area contributed by atoms with Crippen molar-refractivity contribution in [1.29, 1.82) is 0 Å². The molecule has 0 amide bonds. The van der Waals surface area contributed by atoms with Crippen molar-refractivity contribution in [3.63, 3.8) is 0 Å². The Bertz CT molecular complexity index is 1110. The maximum atomic E-state index is 12.3. The highest BCUT2D eigenvalue weighted by molar-refractivity contribution is 6.50. The molecule has 138 valence electrons. The van der Waals surface area contributed by atoms with Crippen LogP contribution in [-0.4, -0.2) is 30.3 Å². The summed E-state index contributed by atoms with van der Waals surface area (Å²) in [5.41, 5.74) is 0.910. The molecular formula is C19H14Cl2N2O4. The molecule has 0 atom stereocenters. The summed E-state index contributed by atoms with van der Waals surface area (Å²) in [5.74, 6) is 1.93. The third-order valence-corrected chi connectivity index (χ3v) is 4.56.